The quantitative estimate of drug-likeness (QED) is 0.664. The Morgan fingerprint density at radius 1 is 1.11 bits per heavy atom. The number of carbonyl (C=O) groups excluding carboxylic acids is 1. The standard InChI is InChI=1S/C21H20ClN3O3/c1-13(12-26)23-21(27)19-11-18(14-3-7-16(22)8-4-14)24-20(25-19)15-5-9-17(28-2)10-6-15/h3-11,13,26H,12H2,1-2H3,(H,23,27)/t13-/m0/s1. The largest absolute Gasteiger partial charge is 0.497 e. The van der Waals surface area contributed by atoms with Gasteiger partial charge in [-0.3, -0.25) is 4.79 Å². The summed E-state index contributed by atoms with van der Waals surface area (Å²) >= 11 is 5.98. The maximum absolute atomic E-state index is 12.6. The number of aliphatic hydroxyl groups excluding tert-OH is 1. The minimum atomic E-state index is -0.383. The van der Waals surface area contributed by atoms with Crippen LogP contribution < -0.4 is 10.1 Å². The Bertz CT molecular complexity index is 960. The van der Waals surface area contributed by atoms with Crippen molar-refractivity contribution in [2.75, 3.05) is 13.7 Å². The summed E-state index contributed by atoms with van der Waals surface area (Å²) in [6.45, 7) is 1.55. The van der Waals surface area contributed by atoms with Crippen LogP contribution in [-0.4, -0.2) is 40.7 Å². The fraction of sp³-hybridized carbons (Fsp3) is 0.190. The topological polar surface area (TPSA) is 84.3 Å². The molecule has 0 unspecified atom stereocenters. The molecular weight excluding hydrogens is 378 g/mol. The zero-order valence-electron chi connectivity index (χ0n) is 15.5. The third kappa shape index (κ3) is 4.65. The van der Waals surface area contributed by atoms with Gasteiger partial charge in [0.2, 0.25) is 0 Å². The first kappa shape index (κ1) is 19.8. The fourth-order valence-electron chi connectivity index (χ4n) is 2.54. The molecule has 0 aliphatic carbocycles. The summed E-state index contributed by atoms with van der Waals surface area (Å²) in [5.41, 5.74) is 2.37. The number of aliphatic hydroxyl groups is 1. The zero-order chi connectivity index (χ0) is 20.1. The highest BCUT2D eigenvalue weighted by Crippen LogP contribution is 2.25. The van der Waals surface area contributed by atoms with Crippen LogP contribution in [-0.2, 0) is 0 Å². The smallest absolute Gasteiger partial charge is 0.270 e. The van der Waals surface area contributed by atoms with Crippen molar-refractivity contribution < 1.29 is 14.6 Å². The molecule has 0 spiro atoms. The van der Waals surface area contributed by atoms with Crippen molar-refractivity contribution in [3.63, 3.8) is 0 Å². The van der Waals surface area contributed by atoms with Gasteiger partial charge >= 0.3 is 0 Å². The van der Waals surface area contributed by atoms with Crippen molar-refractivity contribution in [2.45, 2.75) is 13.0 Å². The maximum Gasteiger partial charge on any atom is 0.270 e. The first-order valence-corrected chi connectivity index (χ1v) is 9.09. The van der Waals surface area contributed by atoms with Crippen LogP contribution in [0.1, 0.15) is 17.4 Å². The predicted octanol–water partition coefficient (Wildman–Crippen LogP) is 3.58. The number of aromatic nitrogens is 2. The number of methoxy groups -OCH3 is 1. The molecule has 1 amide bonds. The maximum atomic E-state index is 12.6. The minimum absolute atomic E-state index is 0.161. The molecule has 6 nitrogen and oxygen atoms in total. The summed E-state index contributed by atoms with van der Waals surface area (Å²) in [7, 11) is 1.59. The van der Waals surface area contributed by atoms with Gasteiger partial charge in [-0.2, -0.15) is 0 Å². The van der Waals surface area contributed by atoms with E-state index in [0.717, 1.165) is 11.1 Å². The van der Waals surface area contributed by atoms with E-state index in [1.54, 1.807) is 44.4 Å². The lowest BCUT2D eigenvalue weighted by Gasteiger charge is -2.12. The highest BCUT2D eigenvalue weighted by Gasteiger charge is 2.16. The number of rotatable bonds is 6. The van der Waals surface area contributed by atoms with Crippen molar-refractivity contribution in [2.24, 2.45) is 0 Å². The Morgan fingerprint density at radius 3 is 2.36 bits per heavy atom. The van der Waals surface area contributed by atoms with Crippen LogP contribution in [0.5, 0.6) is 5.75 Å². The lowest BCUT2D eigenvalue weighted by atomic mass is 10.1. The molecule has 1 heterocycles. The van der Waals surface area contributed by atoms with Crippen molar-refractivity contribution in [3.8, 4) is 28.4 Å². The van der Waals surface area contributed by atoms with Crippen molar-refractivity contribution in [3.05, 3.63) is 65.3 Å². The van der Waals surface area contributed by atoms with Crippen molar-refractivity contribution in [1.82, 2.24) is 15.3 Å². The molecule has 7 heteroatoms. The van der Waals surface area contributed by atoms with E-state index >= 15 is 0 Å². The van der Waals surface area contributed by atoms with Gasteiger partial charge in [-0.25, -0.2) is 9.97 Å². The molecule has 2 aromatic carbocycles. The minimum Gasteiger partial charge on any atom is -0.497 e. The van der Waals surface area contributed by atoms with Crippen LogP contribution in [0.3, 0.4) is 0 Å². The fourth-order valence-corrected chi connectivity index (χ4v) is 2.67. The molecule has 2 N–H and O–H groups in total. The van der Waals surface area contributed by atoms with Gasteiger partial charge in [0.15, 0.2) is 5.82 Å². The second-order valence-electron chi connectivity index (χ2n) is 6.25. The van der Waals surface area contributed by atoms with E-state index < -0.39 is 0 Å². The summed E-state index contributed by atoms with van der Waals surface area (Å²) in [5, 5.41) is 12.5. The lowest BCUT2D eigenvalue weighted by molar-refractivity contribution is 0.0917. The molecule has 3 aromatic rings. The average Bonchev–Trinajstić information content (AvgIpc) is 2.73. The van der Waals surface area contributed by atoms with Gasteiger partial charge in [0.05, 0.1) is 19.4 Å². The summed E-state index contributed by atoms with van der Waals surface area (Å²) in [6, 6.07) is 15.7. The highest BCUT2D eigenvalue weighted by atomic mass is 35.5. The Hall–Kier alpha value is -2.96. The molecule has 1 aromatic heterocycles. The van der Waals surface area contributed by atoms with Gasteiger partial charge in [-0.05, 0) is 49.4 Å². The normalized spacial score (nSPS) is 11.7. The van der Waals surface area contributed by atoms with E-state index in [1.807, 2.05) is 24.3 Å². The molecule has 0 saturated carbocycles. The molecule has 0 bridgehead atoms. The van der Waals surface area contributed by atoms with Crippen LogP contribution in [0.2, 0.25) is 5.02 Å². The second-order valence-corrected chi connectivity index (χ2v) is 6.69. The molecule has 1 atom stereocenters. The third-order valence-electron chi connectivity index (χ3n) is 4.10. The van der Waals surface area contributed by atoms with E-state index in [1.165, 1.54) is 0 Å². The van der Waals surface area contributed by atoms with E-state index in [-0.39, 0.29) is 24.2 Å². The van der Waals surface area contributed by atoms with E-state index in [0.29, 0.717) is 22.3 Å². The van der Waals surface area contributed by atoms with Gasteiger partial charge in [0.25, 0.3) is 5.91 Å². The molecule has 0 aliphatic heterocycles. The predicted molar refractivity (Wildman–Crippen MR) is 108 cm³/mol. The molecule has 144 valence electrons. The van der Waals surface area contributed by atoms with Crippen LogP contribution in [0.4, 0.5) is 0 Å². The second kappa shape index (κ2) is 8.82. The van der Waals surface area contributed by atoms with Crippen LogP contribution in [0, 0.1) is 0 Å². The Kier molecular flexibility index (Phi) is 6.23. The number of hydrogen-bond acceptors (Lipinski definition) is 5. The molecule has 0 fully saturated rings. The van der Waals surface area contributed by atoms with Gasteiger partial charge in [0.1, 0.15) is 11.4 Å². The number of amides is 1. The van der Waals surface area contributed by atoms with Gasteiger partial charge in [0, 0.05) is 22.2 Å². The molecule has 0 aliphatic rings. The molecule has 3 rings (SSSR count). The Labute approximate surface area is 168 Å². The number of nitrogens with one attached hydrogen (secondary N) is 1. The van der Waals surface area contributed by atoms with Crippen LogP contribution in [0.25, 0.3) is 22.6 Å². The Morgan fingerprint density at radius 2 is 1.75 bits per heavy atom. The number of carbonyl (C=O) groups is 1. The molecular formula is C21H20ClN3O3. The number of halogens is 1. The third-order valence-corrected chi connectivity index (χ3v) is 4.35. The van der Waals surface area contributed by atoms with Gasteiger partial charge < -0.3 is 15.2 Å². The van der Waals surface area contributed by atoms with Crippen molar-refractivity contribution in [1.29, 1.82) is 0 Å². The van der Waals surface area contributed by atoms with Crippen LogP contribution in [0.15, 0.2) is 54.6 Å². The lowest BCUT2D eigenvalue weighted by Crippen LogP contribution is -2.35. The highest BCUT2D eigenvalue weighted by molar-refractivity contribution is 6.30. The van der Waals surface area contributed by atoms with E-state index in [9.17, 15) is 9.90 Å². The number of ether oxygens (including phenoxy) is 1. The molecule has 28 heavy (non-hydrogen) atoms. The van der Waals surface area contributed by atoms with Crippen LogP contribution >= 0.6 is 11.6 Å². The number of benzene rings is 2. The Balaban J connectivity index is 2.07. The number of hydrogen-bond donors (Lipinski definition) is 2. The first-order valence-electron chi connectivity index (χ1n) is 8.71. The van der Waals surface area contributed by atoms with Gasteiger partial charge in [-0.1, -0.05) is 23.7 Å². The SMILES string of the molecule is COc1ccc(-c2nc(C(=O)N[C@@H](C)CO)cc(-c3ccc(Cl)cc3)n2)cc1. The average molecular weight is 398 g/mol. The number of nitrogens with zero attached hydrogens (tertiary/aromatic N) is 2. The van der Waals surface area contributed by atoms with E-state index in [2.05, 4.69) is 15.3 Å². The first-order chi connectivity index (χ1) is 13.5. The van der Waals surface area contributed by atoms with Crippen molar-refractivity contribution >= 4 is 17.5 Å². The summed E-state index contributed by atoms with van der Waals surface area (Å²) < 4.78 is 5.19. The van der Waals surface area contributed by atoms with E-state index in [4.69, 9.17) is 16.3 Å². The summed E-state index contributed by atoms with van der Waals surface area (Å²) in [5.74, 6) is 0.748. The zero-order valence-corrected chi connectivity index (χ0v) is 16.3. The molecule has 0 radical (unpaired) electrons. The monoisotopic (exact) mass is 397 g/mol. The van der Waals surface area contributed by atoms with Gasteiger partial charge in [-0.15, -0.1) is 0 Å². The molecule has 0 saturated heterocycles. The summed E-state index contributed by atoms with van der Waals surface area (Å²) in [4.78, 5) is 21.6. The summed E-state index contributed by atoms with van der Waals surface area (Å²) in [6.07, 6.45) is 0.